The van der Waals surface area contributed by atoms with Gasteiger partial charge in [0, 0.05) is 13.0 Å². The van der Waals surface area contributed by atoms with E-state index in [4.69, 9.17) is 9.47 Å². The van der Waals surface area contributed by atoms with E-state index in [1.807, 2.05) is 12.1 Å². The lowest BCUT2D eigenvalue weighted by Crippen LogP contribution is -2.13. The second-order valence-corrected chi connectivity index (χ2v) is 3.68. The van der Waals surface area contributed by atoms with E-state index in [0.29, 0.717) is 12.5 Å². The minimum Gasteiger partial charge on any atom is -0.493 e. The Morgan fingerprint density at radius 2 is 1.79 bits per heavy atom. The molecule has 0 radical (unpaired) electrons. The van der Waals surface area contributed by atoms with Crippen LogP contribution in [0.4, 0.5) is 0 Å². The molecule has 0 N–H and O–H groups in total. The Labute approximate surface area is 85.8 Å². The van der Waals surface area contributed by atoms with Crippen LogP contribution in [0.25, 0.3) is 0 Å². The van der Waals surface area contributed by atoms with Crippen LogP contribution in [0, 0.1) is 12.8 Å². The van der Waals surface area contributed by atoms with Crippen molar-refractivity contribution in [3.05, 3.63) is 29.8 Å². The monoisotopic (exact) mass is 194 g/mol. The van der Waals surface area contributed by atoms with E-state index in [1.54, 1.807) is 7.11 Å². The summed E-state index contributed by atoms with van der Waals surface area (Å²) in [6, 6.07) is 8.09. The maximum atomic E-state index is 5.60. The van der Waals surface area contributed by atoms with E-state index < -0.39 is 0 Å². The number of methoxy groups -OCH3 is 1. The van der Waals surface area contributed by atoms with Gasteiger partial charge in [-0.1, -0.05) is 24.6 Å². The molecule has 1 aromatic carbocycles. The van der Waals surface area contributed by atoms with Gasteiger partial charge in [-0.3, -0.25) is 0 Å². The van der Waals surface area contributed by atoms with Gasteiger partial charge >= 0.3 is 0 Å². The Morgan fingerprint density at radius 3 is 2.36 bits per heavy atom. The predicted octanol–water partition coefficient (Wildman–Crippen LogP) is 2.66. The molecular formula is C12H18O2. The molecule has 2 nitrogen and oxygen atoms in total. The van der Waals surface area contributed by atoms with Crippen LogP contribution in [0.5, 0.6) is 5.75 Å². The summed E-state index contributed by atoms with van der Waals surface area (Å²) in [5, 5.41) is 0. The zero-order valence-electron chi connectivity index (χ0n) is 9.12. The lowest BCUT2D eigenvalue weighted by atomic mass is 10.2. The molecule has 0 aromatic heterocycles. The van der Waals surface area contributed by atoms with Crippen molar-refractivity contribution < 1.29 is 9.47 Å². The molecule has 0 saturated carbocycles. The summed E-state index contributed by atoms with van der Waals surface area (Å²) >= 11 is 0. The van der Waals surface area contributed by atoms with Crippen molar-refractivity contribution >= 4 is 0 Å². The van der Waals surface area contributed by atoms with Crippen LogP contribution >= 0.6 is 0 Å². The number of benzene rings is 1. The van der Waals surface area contributed by atoms with Gasteiger partial charge in [0.1, 0.15) is 5.75 Å². The number of ether oxygens (including phenoxy) is 2. The van der Waals surface area contributed by atoms with Gasteiger partial charge in [-0.15, -0.1) is 0 Å². The first kappa shape index (κ1) is 11.1. The molecule has 0 aliphatic rings. The Balaban J connectivity index is 2.34. The van der Waals surface area contributed by atoms with E-state index in [2.05, 4.69) is 26.0 Å². The fourth-order valence-electron chi connectivity index (χ4n) is 1.21. The number of aryl methyl sites for hydroxylation is 1. The molecule has 0 saturated heterocycles. The van der Waals surface area contributed by atoms with Gasteiger partial charge in [0.25, 0.3) is 0 Å². The molecular weight excluding hydrogens is 176 g/mol. The number of rotatable bonds is 5. The number of hydrogen-bond donors (Lipinski definition) is 0. The first-order valence-electron chi connectivity index (χ1n) is 4.90. The third-order valence-electron chi connectivity index (χ3n) is 2.01. The summed E-state index contributed by atoms with van der Waals surface area (Å²) < 4.78 is 10.6. The van der Waals surface area contributed by atoms with Crippen molar-refractivity contribution in [2.24, 2.45) is 5.92 Å². The Hall–Kier alpha value is -1.02. The van der Waals surface area contributed by atoms with Gasteiger partial charge in [0.15, 0.2) is 0 Å². The maximum absolute atomic E-state index is 5.60. The summed E-state index contributed by atoms with van der Waals surface area (Å²) in [5.41, 5.74) is 1.25. The average molecular weight is 194 g/mol. The van der Waals surface area contributed by atoms with Gasteiger partial charge in [-0.25, -0.2) is 0 Å². The van der Waals surface area contributed by atoms with Crippen molar-refractivity contribution in [1.29, 1.82) is 0 Å². The summed E-state index contributed by atoms with van der Waals surface area (Å²) in [4.78, 5) is 0. The second kappa shape index (κ2) is 5.66. The molecule has 0 bridgehead atoms. The van der Waals surface area contributed by atoms with E-state index in [9.17, 15) is 0 Å². The van der Waals surface area contributed by atoms with E-state index in [1.165, 1.54) is 5.56 Å². The van der Waals surface area contributed by atoms with Crippen LogP contribution in [-0.2, 0) is 4.74 Å². The second-order valence-electron chi connectivity index (χ2n) is 3.68. The van der Waals surface area contributed by atoms with Gasteiger partial charge in [-0.05, 0) is 19.1 Å². The molecule has 0 aliphatic carbocycles. The largest absolute Gasteiger partial charge is 0.493 e. The van der Waals surface area contributed by atoms with Crippen LogP contribution < -0.4 is 4.74 Å². The lowest BCUT2D eigenvalue weighted by Gasteiger charge is -2.11. The number of hydrogen-bond acceptors (Lipinski definition) is 2. The first-order valence-corrected chi connectivity index (χ1v) is 4.90. The van der Waals surface area contributed by atoms with Gasteiger partial charge in [-0.2, -0.15) is 0 Å². The third-order valence-corrected chi connectivity index (χ3v) is 2.01. The van der Waals surface area contributed by atoms with Crippen molar-refractivity contribution in [2.75, 3.05) is 20.3 Å². The first-order chi connectivity index (χ1) is 6.72. The molecule has 2 heteroatoms. The lowest BCUT2D eigenvalue weighted by molar-refractivity contribution is 0.127. The molecule has 1 unspecified atom stereocenters. The Morgan fingerprint density at radius 1 is 1.14 bits per heavy atom. The third kappa shape index (κ3) is 3.79. The fraction of sp³-hybridized carbons (Fsp3) is 0.500. The van der Waals surface area contributed by atoms with Crippen LogP contribution in [0.15, 0.2) is 24.3 Å². The molecule has 1 atom stereocenters. The topological polar surface area (TPSA) is 18.5 Å². The molecule has 14 heavy (non-hydrogen) atoms. The standard InChI is InChI=1S/C12H18O2/c1-10-4-6-12(7-5-10)14-9-11(2)8-13-3/h4-7,11H,8-9H2,1-3H3. The van der Waals surface area contributed by atoms with Gasteiger partial charge in [0.2, 0.25) is 0 Å². The summed E-state index contributed by atoms with van der Waals surface area (Å²) in [5.74, 6) is 1.36. The summed E-state index contributed by atoms with van der Waals surface area (Å²) in [7, 11) is 1.71. The highest BCUT2D eigenvalue weighted by molar-refractivity contribution is 5.26. The summed E-state index contributed by atoms with van der Waals surface area (Å²) in [6.45, 7) is 5.62. The fourth-order valence-corrected chi connectivity index (χ4v) is 1.21. The SMILES string of the molecule is COCC(C)COc1ccc(C)cc1. The molecule has 0 fully saturated rings. The van der Waals surface area contributed by atoms with Crippen molar-refractivity contribution in [1.82, 2.24) is 0 Å². The minimum atomic E-state index is 0.432. The molecule has 0 amide bonds. The highest BCUT2D eigenvalue weighted by Crippen LogP contribution is 2.12. The van der Waals surface area contributed by atoms with Crippen molar-refractivity contribution in [2.45, 2.75) is 13.8 Å². The summed E-state index contributed by atoms with van der Waals surface area (Å²) in [6.07, 6.45) is 0. The van der Waals surface area contributed by atoms with Crippen LogP contribution in [0.3, 0.4) is 0 Å². The van der Waals surface area contributed by atoms with Crippen LogP contribution in [-0.4, -0.2) is 20.3 Å². The van der Waals surface area contributed by atoms with Crippen molar-refractivity contribution in [3.63, 3.8) is 0 Å². The minimum absolute atomic E-state index is 0.432. The highest BCUT2D eigenvalue weighted by Gasteiger charge is 2.01. The van der Waals surface area contributed by atoms with Crippen LogP contribution in [0.2, 0.25) is 0 Å². The molecule has 1 rings (SSSR count). The van der Waals surface area contributed by atoms with Crippen molar-refractivity contribution in [3.8, 4) is 5.75 Å². The van der Waals surface area contributed by atoms with E-state index >= 15 is 0 Å². The van der Waals surface area contributed by atoms with Gasteiger partial charge in [0.05, 0.1) is 13.2 Å². The Kier molecular flexibility index (Phi) is 4.47. The molecule has 0 spiro atoms. The van der Waals surface area contributed by atoms with E-state index in [0.717, 1.165) is 12.4 Å². The average Bonchev–Trinajstić information content (AvgIpc) is 2.17. The quantitative estimate of drug-likeness (QED) is 0.717. The molecule has 0 heterocycles. The van der Waals surface area contributed by atoms with E-state index in [-0.39, 0.29) is 0 Å². The zero-order valence-corrected chi connectivity index (χ0v) is 9.12. The molecule has 0 aliphatic heterocycles. The molecule has 1 aromatic rings. The molecule has 78 valence electrons. The zero-order chi connectivity index (χ0) is 10.4. The Bertz CT molecular complexity index is 254. The van der Waals surface area contributed by atoms with Crippen LogP contribution in [0.1, 0.15) is 12.5 Å². The van der Waals surface area contributed by atoms with Gasteiger partial charge < -0.3 is 9.47 Å². The smallest absolute Gasteiger partial charge is 0.119 e. The highest BCUT2D eigenvalue weighted by atomic mass is 16.5. The normalized spacial score (nSPS) is 12.5. The predicted molar refractivity (Wildman–Crippen MR) is 57.7 cm³/mol. The maximum Gasteiger partial charge on any atom is 0.119 e.